The van der Waals surface area contributed by atoms with Gasteiger partial charge in [0.05, 0.1) is 6.04 Å². The number of benzene rings is 1. The molecule has 4 heteroatoms. The second kappa shape index (κ2) is 4.23. The van der Waals surface area contributed by atoms with Crippen LogP contribution in [-0.2, 0) is 12.5 Å². The van der Waals surface area contributed by atoms with Crippen LogP contribution >= 0.6 is 0 Å². The summed E-state index contributed by atoms with van der Waals surface area (Å²) in [6, 6.07) is 10.6. The summed E-state index contributed by atoms with van der Waals surface area (Å²) in [5.74, 6) is 6.79. The molecule has 1 aromatic carbocycles. The summed E-state index contributed by atoms with van der Waals surface area (Å²) >= 11 is 0. The molecule has 1 atom stereocenters. The van der Waals surface area contributed by atoms with Gasteiger partial charge in [0, 0.05) is 24.9 Å². The van der Waals surface area contributed by atoms with Crippen LogP contribution in [0.25, 0.3) is 0 Å². The quantitative estimate of drug-likeness (QED) is 0.633. The molecule has 0 bridgehead atoms. The molecule has 1 aliphatic rings. The fraction of sp³-hybridized carbons (Fsp3) is 0.357. The van der Waals surface area contributed by atoms with Crippen molar-refractivity contribution in [2.45, 2.75) is 24.3 Å². The molecule has 1 unspecified atom stereocenters. The maximum atomic E-state index is 5.79. The Morgan fingerprint density at radius 3 is 2.56 bits per heavy atom. The number of nitrogens with zero attached hydrogens (tertiary/aromatic N) is 2. The predicted octanol–water partition coefficient (Wildman–Crippen LogP) is 1.66. The van der Waals surface area contributed by atoms with Gasteiger partial charge in [0.15, 0.2) is 0 Å². The highest BCUT2D eigenvalue weighted by Crippen LogP contribution is 2.55. The van der Waals surface area contributed by atoms with Crippen molar-refractivity contribution >= 4 is 0 Å². The number of aryl methyl sites for hydroxylation is 1. The van der Waals surface area contributed by atoms with Crippen LogP contribution in [0.5, 0.6) is 0 Å². The third-order valence-corrected chi connectivity index (χ3v) is 3.97. The molecule has 4 nitrogen and oxygen atoms in total. The number of aromatic nitrogens is 2. The molecular weight excluding hydrogens is 224 g/mol. The topological polar surface area (TPSA) is 55.9 Å². The van der Waals surface area contributed by atoms with Crippen molar-refractivity contribution in [1.29, 1.82) is 0 Å². The number of hydrogen-bond donors (Lipinski definition) is 2. The highest BCUT2D eigenvalue weighted by atomic mass is 15.3. The summed E-state index contributed by atoms with van der Waals surface area (Å²) in [5.41, 5.74) is 4.41. The monoisotopic (exact) mass is 242 g/mol. The first-order valence-electron chi connectivity index (χ1n) is 6.27. The Morgan fingerprint density at radius 1 is 1.33 bits per heavy atom. The van der Waals surface area contributed by atoms with E-state index in [1.807, 2.05) is 30.1 Å². The molecule has 0 saturated heterocycles. The van der Waals surface area contributed by atoms with E-state index in [0.29, 0.717) is 0 Å². The van der Waals surface area contributed by atoms with E-state index in [-0.39, 0.29) is 11.5 Å². The van der Waals surface area contributed by atoms with Gasteiger partial charge >= 0.3 is 0 Å². The first-order chi connectivity index (χ1) is 8.78. The molecule has 1 aliphatic carbocycles. The molecule has 1 saturated carbocycles. The SMILES string of the molecule is Cn1ccnc1C(NN)C1(c2ccccc2)CC1. The number of nitrogens with two attached hydrogens (primary N) is 1. The predicted molar refractivity (Wildman–Crippen MR) is 70.6 cm³/mol. The lowest BCUT2D eigenvalue weighted by molar-refractivity contribution is 0.409. The lowest BCUT2D eigenvalue weighted by atomic mass is 9.88. The highest BCUT2D eigenvalue weighted by Gasteiger charge is 2.52. The van der Waals surface area contributed by atoms with Crippen LogP contribution in [-0.4, -0.2) is 9.55 Å². The summed E-state index contributed by atoms with van der Waals surface area (Å²) < 4.78 is 2.04. The lowest BCUT2D eigenvalue weighted by Gasteiger charge is -2.26. The van der Waals surface area contributed by atoms with Gasteiger partial charge in [0.1, 0.15) is 5.82 Å². The number of hydrazine groups is 1. The molecule has 3 rings (SSSR count). The van der Waals surface area contributed by atoms with Crippen LogP contribution < -0.4 is 11.3 Å². The minimum Gasteiger partial charge on any atom is -0.337 e. The second-order valence-corrected chi connectivity index (χ2v) is 5.02. The number of hydrogen-bond acceptors (Lipinski definition) is 3. The summed E-state index contributed by atoms with van der Waals surface area (Å²) in [6.07, 6.45) is 6.08. The van der Waals surface area contributed by atoms with Crippen molar-refractivity contribution in [3.8, 4) is 0 Å². The van der Waals surface area contributed by atoms with Gasteiger partial charge in [-0.05, 0) is 18.4 Å². The molecule has 2 aromatic rings. The Kier molecular flexibility index (Phi) is 2.69. The Bertz CT molecular complexity index is 528. The second-order valence-electron chi connectivity index (χ2n) is 5.02. The van der Waals surface area contributed by atoms with Crippen molar-refractivity contribution in [2.24, 2.45) is 12.9 Å². The first-order valence-corrected chi connectivity index (χ1v) is 6.27. The average Bonchev–Trinajstić information content (AvgIpc) is 3.10. The molecule has 3 N–H and O–H groups in total. The van der Waals surface area contributed by atoms with Gasteiger partial charge in [0.2, 0.25) is 0 Å². The number of imidazole rings is 1. The van der Waals surface area contributed by atoms with Crippen LogP contribution in [0.1, 0.15) is 30.3 Å². The van der Waals surface area contributed by atoms with Gasteiger partial charge in [-0.2, -0.15) is 0 Å². The minimum atomic E-state index is 0.0694. The van der Waals surface area contributed by atoms with Crippen LogP contribution in [0.4, 0.5) is 0 Å². The van der Waals surface area contributed by atoms with E-state index in [9.17, 15) is 0 Å². The Labute approximate surface area is 107 Å². The van der Waals surface area contributed by atoms with E-state index in [1.54, 1.807) is 0 Å². The largest absolute Gasteiger partial charge is 0.337 e. The highest BCUT2D eigenvalue weighted by molar-refractivity contribution is 5.35. The van der Waals surface area contributed by atoms with Gasteiger partial charge in [-0.15, -0.1) is 0 Å². The van der Waals surface area contributed by atoms with Gasteiger partial charge in [-0.1, -0.05) is 30.3 Å². The zero-order valence-corrected chi connectivity index (χ0v) is 10.5. The summed E-state index contributed by atoms with van der Waals surface area (Å²) in [5, 5.41) is 0. The molecule has 0 radical (unpaired) electrons. The third kappa shape index (κ3) is 1.65. The van der Waals surface area contributed by atoms with Gasteiger partial charge in [-0.3, -0.25) is 5.84 Å². The summed E-state index contributed by atoms with van der Waals surface area (Å²) in [7, 11) is 2.01. The van der Waals surface area contributed by atoms with Gasteiger partial charge in [-0.25, -0.2) is 10.4 Å². The van der Waals surface area contributed by atoms with Crippen LogP contribution in [0.3, 0.4) is 0 Å². The van der Waals surface area contributed by atoms with E-state index in [4.69, 9.17) is 5.84 Å². The van der Waals surface area contributed by atoms with Crippen molar-refractivity contribution in [3.05, 3.63) is 54.1 Å². The average molecular weight is 242 g/mol. The molecule has 94 valence electrons. The fourth-order valence-electron chi connectivity index (χ4n) is 2.79. The van der Waals surface area contributed by atoms with Gasteiger partial charge < -0.3 is 4.57 Å². The van der Waals surface area contributed by atoms with E-state index in [2.05, 4.69) is 34.7 Å². The zero-order valence-electron chi connectivity index (χ0n) is 10.5. The molecule has 0 spiro atoms. The summed E-state index contributed by atoms with van der Waals surface area (Å²) in [4.78, 5) is 4.44. The summed E-state index contributed by atoms with van der Waals surface area (Å²) in [6.45, 7) is 0. The molecule has 0 amide bonds. The molecule has 1 heterocycles. The standard InChI is InChI=1S/C14H18N4/c1-18-10-9-16-13(18)12(17-15)14(7-8-14)11-5-3-2-4-6-11/h2-6,9-10,12,17H,7-8,15H2,1H3. The van der Waals surface area contributed by atoms with E-state index in [1.165, 1.54) is 5.56 Å². The number of rotatable bonds is 4. The zero-order chi connectivity index (χ0) is 12.6. The molecule has 1 aromatic heterocycles. The molecule has 18 heavy (non-hydrogen) atoms. The molecule has 0 aliphatic heterocycles. The first kappa shape index (κ1) is 11.4. The normalized spacial score (nSPS) is 18.6. The smallest absolute Gasteiger partial charge is 0.127 e. The van der Waals surface area contributed by atoms with E-state index in [0.717, 1.165) is 18.7 Å². The Morgan fingerprint density at radius 2 is 2.06 bits per heavy atom. The van der Waals surface area contributed by atoms with Crippen LogP contribution in [0, 0.1) is 0 Å². The maximum absolute atomic E-state index is 5.79. The number of nitrogens with one attached hydrogen (secondary N) is 1. The van der Waals surface area contributed by atoms with Gasteiger partial charge in [0.25, 0.3) is 0 Å². The maximum Gasteiger partial charge on any atom is 0.127 e. The Hall–Kier alpha value is -1.65. The van der Waals surface area contributed by atoms with Crippen molar-refractivity contribution in [2.75, 3.05) is 0 Å². The van der Waals surface area contributed by atoms with Crippen LogP contribution in [0.2, 0.25) is 0 Å². The molecular formula is C14H18N4. The third-order valence-electron chi connectivity index (χ3n) is 3.97. The minimum absolute atomic E-state index is 0.0694. The van der Waals surface area contributed by atoms with Crippen LogP contribution in [0.15, 0.2) is 42.7 Å². The molecule has 1 fully saturated rings. The Balaban J connectivity index is 2.00. The fourth-order valence-corrected chi connectivity index (χ4v) is 2.79. The van der Waals surface area contributed by atoms with E-state index >= 15 is 0 Å². The lowest BCUT2D eigenvalue weighted by Crippen LogP contribution is -2.38. The van der Waals surface area contributed by atoms with E-state index < -0.39 is 0 Å². The van der Waals surface area contributed by atoms with Crippen molar-refractivity contribution < 1.29 is 0 Å². The van der Waals surface area contributed by atoms with Crippen molar-refractivity contribution in [3.63, 3.8) is 0 Å². The van der Waals surface area contributed by atoms with Crippen molar-refractivity contribution in [1.82, 2.24) is 15.0 Å².